The summed E-state index contributed by atoms with van der Waals surface area (Å²) < 4.78 is 14.6. The lowest BCUT2D eigenvalue weighted by Crippen LogP contribution is -2.23. The molecule has 1 fully saturated rings. The number of aromatic amines is 1. The fourth-order valence-corrected chi connectivity index (χ4v) is 4.79. The van der Waals surface area contributed by atoms with E-state index in [0.29, 0.717) is 5.25 Å². The monoisotopic (exact) mass is 363 g/mol. The molecule has 0 aliphatic heterocycles. The van der Waals surface area contributed by atoms with E-state index in [0.717, 1.165) is 45.8 Å². The fraction of sp³-hybridized carbons (Fsp3) is 0.211. The quantitative estimate of drug-likeness (QED) is 0.602. The summed E-state index contributed by atoms with van der Waals surface area (Å²) in [5.41, 5.74) is 2.81. The van der Waals surface area contributed by atoms with Crippen LogP contribution in [0.3, 0.4) is 0 Å². The first-order chi connectivity index (χ1) is 12.8. The van der Waals surface area contributed by atoms with Crippen molar-refractivity contribution in [1.82, 2.24) is 24.7 Å². The van der Waals surface area contributed by atoms with Gasteiger partial charge in [0, 0.05) is 34.3 Å². The van der Waals surface area contributed by atoms with Crippen molar-refractivity contribution in [3.05, 3.63) is 55.1 Å². The topological polar surface area (TPSA) is 76.5 Å². The highest BCUT2D eigenvalue weighted by Crippen LogP contribution is 2.29. The van der Waals surface area contributed by atoms with Gasteiger partial charge in [-0.1, -0.05) is 18.6 Å². The van der Waals surface area contributed by atoms with Crippen molar-refractivity contribution in [1.29, 1.82) is 0 Å². The normalized spacial score (nSPS) is 15.8. The molecule has 1 N–H and O–H groups in total. The van der Waals surface area contributed by atoms with E-state index in [-0.39, 0.29) is 0 Å². The summed E-state index contributed by atoms with van der Waals surface area (Å²) in [4.78, 5) is 9.64. The van der Waals surface area contributed by atoms with Gasteiger partial charge in [0.05, 0.1) is 15.7 Å². The Morgan fingerprint density at radius 3 is 2.85 bits per heavy atom. The zero-order valence-corrected chi connectivity index (χ0v) is 14.8. The standard InChI is InChI=1S/C19H17N5OS/c25-26(16-5-2-6-16)17-10-14-7-8-24(19(14)20-11-17)15-4-1-3-13(9-15)18-21-12-22-23-18/h1,3-4,7-12,16H,2,5-6H2,(H,21,22,23). The molecule has 1 aromatic carbocycles. The molecule has 1 atom stereocenters. The van der Waals surface area contributed by atoms with Gasteiger partial charge in [-0.3, -0.25) is 9.31 Å². The van der Waals surface area contributed by atoms with Crippen molar-refractivity contribution in [2.75, 3.05) is 0 Å². The first kappa shape index (κ1) is 15.5. The second-order valence-electron chi connectivity index (χ2n) is 6.50. The predicted octanol–water partition coefficient (Wildman–Crippen LogP) is 3.47. The average molecular weight is 363 g/mol. The molecule has 3 heterocycles. The summed E-state index contributed by atoms with van der Waals surface area (Å²) in [7, 11) is -0.948. The first-order valence-electron chi connectivity index (χ1n) is 8.63. The number of nitrogens with one attached hydrogen (secondary N) is 1. The van der Waals surface area contributed by atoms with Crippen LogP contribution in [0.1, 0.15) is 19.3 Å². The number of hydrogen-bond donors (Lipinski definition) is 1. The lowest BCUT2D eigenvalue weighted by molar-refractivity contribution is 0.505. The summed E-state index contributed by atoms with van der Waals surface area (Å²) in [5, 5.41) is 8.09. The Bertz CT molecular complexity index is 1100. The van der Waals surface area contributed by atoms with Gasteiger partial charge in [0.2, 0.25) is 0 Å². The van der Waals surface area contributed by atoms with Crippen LogP contribution in [0.25, 0.3) is 28.1 Å². The zero-order valence-electron chi connectivity index (χ0n) is 14.0. The second-order valence-corrected chi connectivity index (χ2v) is 8.24. The maximum Gasteiger partial charge on any atom is 0.155 e. The van der Waals surface area contributed by atoms with Crippen molar-refractivity contribution in [2.45, 2.75) is 29.4 Å². The third-order valence-electron chi connectivity index (χ3n) is 4.90. The molecule has 0 spiro atoms. The van der Waals surface area contributed by atoms with Gasteiger partial charge in [0.1, 0.15) is 12.0 Å². The Hall–Kier alpha value is -2.80. The molecule has 1 aliphatic rings. The minimum atomic E-state index is -0.948. The minimum Gasteiger partial charge on any atom is -0.301 e. The van der Waals surface area contributed by atoms with Gasteiger partial charge in [-0.25, -0.2) is 9.97 Å². The number of pyridine rings is 1. The molecule has 1 unspecified atom stereocenters. The lowest BCUT2D eigenvalue weighted by atomic mass is 10.0. The van der Waals surface area contributed by atoms with Crippen LogP contribution >= 0.6 is 0 Å². The Morgan fingerprint density at radius 1 is 1.15 bits per heavy atom. The van der Waals surface area contributed by atoms with E-state index >= 15 is 0 Å². The molecule has 4 aromatic rings. The Labute approximate surface area is 152 Å². The number of nitrogens with zero attached hydrogens (tertiary/aromatic N) is 4. The first-order valence-corrected chi connectivity index (χ1v) is 9.85. The van der Waals surface area contributed by atoms with Crippen LogP contribution in [-0.2, 0) is 10.8 Å². The van der Waals surface area contributed by atoms with Crippen LogP contribution in [0, 0.1) is 0 Å². The number of benzene rings is 1. The van der Waals surface area contributed by atoms with E-state index < -0.39 is 10.8 Å². The zero-order chi connectivity index (χ0) is 17.5. The van der Waals surface area contributed by atoms with Gasteiger partial charge >= 0.3 is 0 Å². The maximum atomic E-state index is 12.6. The van der Waals surface area contributed by atoms with Crippen LogP contribution in [0.4, 0.5) is 0 Å². The Morgan fingerprint density at radius 2 is 2.08 bits per heavy atom. The summed E-state index contributed by atoms with van der Waals surface area (Å²) in [6.07, 6.45) is 8.54. The largest absolute Gasteiger partial charge is 0.301 e. The van der Waals surface area contributed by atoms with Gasteiger partial charge in [0.25, 0.3) is 0 Å². The fourth-order valence-electron chi connectivity index (χ4n) is 3.25. The summed E-state index contributed by atoms with van der Waals surface area (Å²) in [6, 6.07) is 12.1. The molecule has 0 radical (unpaired) electrons. The van der Waals surface area contributed by atoms with Crippen LogP contribution in [0.2, 0.25) is 0 Å². The second kappa shape index (κ2) is 6.17. The SMILES string of the molecule is O=S(c1cnc2c(ccn2-c2cccc(-c3ncn[nH]3)c2)c1)C1CCC1. The molecule has 3 aromatic heterocycles. The smallest absolute Gasteiger partial charge is 0.155 e. The molecule has 130 valence electrons. The van der Waals surface area contributed by atoms with Crippen LogP contribution < -0.4 is 0 Å². The third-order valence-corrected chi connectivity index (χ3v) is 6.67. The van der Waals surface area contributed by atoms with Crippen molar-refractivity contribution >= 4 is 21.8 Å². The van der Waals surface area contributed by atoms with Crippen molar-refractivity contribution in [3.8, 4) is 17.1 Å². The number of H-pyrrole nitrogens is 1. The lowest BCUT2D eigenvalue weighted by Gasteiger charge is -2.24. The Kier molecular flexibility index (Phi) is 3.67. The molecule has 1 saturated carbocycles. The van der Waals surface area contributed by atoms with Gasteiger partial charge in [-0.15, -0.1) is 0 Å². The van der Waals surface area contributed by atoms with E-state index in [2.05, 4.69) is 20.2 Å². The summed E-state index contributed by atoms with van der Waals surface area (Å²) >= 11 is 0. The maximum absolute atomic E-state index is 12.6. The number of fused-ring (bicyclic) bond motifs is 1. The summed E-state index contributed by atoms with van der Waals surface area (Å²) in [5.74, 6) is 0.731. The molecule has 5 rings (SSSR count). The number of rotatable bonds is 4. The molecular formula is C19H17N5OS. The van der Waals surface area contributed by atoms with E-state index in [1.807, 2.05) is 47.2 Å². The van der Waals surface area contributed by atoms with Crippen molar-refractivity contribution in [3.63, 3.8) is 0 Å². The number of hydrogen-bond acceptors (Lipinski definition) is 4. The molecule has 0 saturated heterocycles. The van der Waals surface area contributed by atoms with E-state index in [1.54, 1.807) is 6.20 Å². The molecule has 1 aliphatic carbocycles. The van der Waals surface area contributed by atoms with E-state index in [9.17, 15) is 4.21 Å². The van der Waals surface area contributed by atoms with Gasteiger partial charge in [0.15, 0.2) is 5.82 Å². The highest BCUT2D eigenvalue weighted by Gasteiger charge is 2.25. The van der Waals surface area contributed by atoms with Crippen molar-refractivity contribution < 1.29 is 4.21 Å². The highest BCUT2D eigenvalue weighted by molar-refractivity contribution is 7.85. The van der Waals surface area contributed by atoms with Gasteiger partial charge in [-0.05, 0) is 37.1 Å². The molecule has 26 heavy (non-hydrogen) atoms. The van der Waals surface area contributed by atoms with E-state index in [1.165, 1.54) is 12.7 Å². The van der Waals surface area contributed by atoms with Gasteiger partial charge < -0.3 is 4.57 Å². The molecule has 0 bridgehead atoms. The molecule has 0 amide bonds. The van der Waals surface area contributed by atoms with Crippen LogP contribution in [-0.4, -0.2) is 34.2 Å². The van der Waals surface area contributed by atoms with Crippen LogP contribution in [0.15, 0.2) is 60.0 Å². The van der Waals surface area contributed by atoms with Crippen molar-refractivity contribution in [2.24, 2.45) is 0 Å². The average Bonchev–Trinajstić information content (AvgIpc) is 3.29. The number of aromatic nitrogens is 5. The predicted molar refractivity (Wildman–Crippen MR) is 100 cm³/mol. The third kappa shape index (κ3) is 2.55. The highest BCUT2D eigenvalue weighted by atomic mass is 32.2. The minimum absolute atomic E-state index is 0.301. The summed E-state index contributed by atoms with van der Waals surface area (Å²) in [6.45, 7) is 0. The van der Waals surface area contributed by atoms with Gasteiger partial charge in [-0.2, -0.15) is 5.10 Å². The Balaban J connectivity index is 1.54. The van der Waals surface area contributed by atoms with Crippen LogP contribution in [0.5, 0.6) is 0 Å². The molecular weight excluding hydrogens is 346 g/mol. The van der Waals surface area contributed by atoms with E-state index in [4.69, 9.17) is 0 Å². The molecule has 6 nitrogen and oxygen atoms in total. The molecule has 7 heteroatoms.